The second-order valence-corrected chi connectivity index (χ2v) is 2.13. The molecule has 2 N–H and O–H groups in total. The van der Waals surface area contributed by atoms with Gasteiger partial charge >= 0.3 is 0 Å². The Bertz CT molecular complexity index is 176. The van der Waals surface area contributed by atoms with Gasteiger partial charge in [0.05, 0.1) is 0 Å². The molecule has 0 aromatic heterocycles. The molecule has 3 nitrogen and oxygen atoms in total. The van der Waals surface area contributed by atoms with Gasteiger partial charge in [0.2, 0.25) is 0 Å². The Balaban J connectivity index is 0.000000371. The molecule has 0 aliphatic carbocycles. The minimum atomic E-state index is 0.0994. The van der Waals surface area contributed by atoms with Crippen LogP contribution < -0.4 is 5.30 Å². The third-order valence-electron chi connectivity index (χ3n) is 0.862. The van der Waals surface area contributed by atoms with Crippen molar-refractivity contribution in [2.45, 2.75) is 0 Å². The van der Waals surface area contributed by atoms with Crippen molar-refractivity contribution in [1.82, 2.24) is 0 Å². The van der Waals surface area contributed by atoms with Crippen LogP contribution in [-0.2, 0) is 4.57 Å². The highest BCUT2D eigenvalue weighted by molar-refractivity contribution is 7.34. The molecule has 0 radical (unpaired) electrons. The Kier molecular flexibility index (Phi) is 5.88. The number of benzene rings is 1. The third-order valence-corrected chi connectivity index (χ3v) is 1.37. The first kappa shape index (κ1) is 9.24. The van der Waals surface area contributed by atoms with Gasteiger partial charge in [0.15, 0.2) is 8.46 Å². The van der Waals surface area contributed by atoms with Crippen LogP contribution in [0.1, 0.15) is 0 Å². The molecule has 0 bridgehead atoms. The van der Waals surface area contributed by atoms with E-state index in [-0.39, 0.29) is 8.46 Å². The van der Waals surface area contributed by atoms with Crippen LogP contribution in [0.3, 0.4) is 0 Å². The summed E-state index contributed by atoms with van der Waals surface area (Å²) in [5, 5.41) is 12.8. The van der Waals surface area contributed by atoms with Crippen LogP contribution in [0.2, 0.25) is 0 Å². The van der Waals surface area contributed by atoms with Crippen molar-refractivity contribution in [3.63, 3.8) is 0 Å². The van der Waals surface area contributed by atoms with Gasteiger partial charge < -0.3 is 0 Å². The molecule has 0 spiro atoms. The van der Waals surface area contributed by atoms with Gasteiger partial charge in [-0.15, -0.1) is 0 Å². The van der Waals surface area contributed by atoms with E-state index in [1.54, 1.807) is 0 Å². The fourth-order valence-corrected chi connectivity index (χ4v) is 0.783. The molecular formula is C6H7O3P. The zero-order chi connectivity index (χ0) is 7.82. The van der Waals surface area contributed by atoms with E-state index in [0.717, 1.165) is 5.30 Å². The average Bonchev–Trinajstić information content (AvgIpc) is 2.10. The van der Waals surface area contributed by atoms with Gasteiger partial charge in [0, 0.05) is 5.30 Å². The summed E-state index contributed by atoms with van der Waals surface area (Å²) in [5.74, 6) is 0. The molecule has 1 aromatic carbocycles. The summed E-state index contributed by atoms with van der Waals surface area (Å²) in [6.07, 6.45) is 0. The van der Waals surface area contributed by atoms with Gasteiger partial charge in [0.25, 0.3) is 0 Å². The Morgan fingerprint density at radius 2 is 1.60 bits per heavy atom. The molecule has 0 aliphatic rings. The summed E-state index contributed by atoms with van der Waals surface area (Å²) in [5.41, 5.74) is 0. The first-order valence-corrected chi connectivity index (χ1v) is 3.33. The summed E-state index contributed by atoms with van der Waals surface area (Å²) in [6, 6.07) is 9.25. The zero-order valence-electron chi connectivity index (χ0n) is 5.14. The molecule has 1 rings (SSSR count). The van der Waals surface area contributed by atoms with Crippen LogP contribution in [0.25, 0.3) is 0 Å². The van der Waals surface area contributed by atoms with Crippen LogP contribution >= 0.6 is 8.46 Å². The molecule has 0 aliphatic heterocycles. The summed E-state index contributed by atoms with van der Waals surface area (Å²) in [4.78, 5) is 0. The van der Waals surface area contributed by atoms with Crippen molar-refractivity contribution < 1.29 is 15.1 Å². The van der Waals surface area contributed by atoms with E-state index in [4.69, 9.17) is 10.5 Å². The molecule has 0 saturated heterocycles. The molecule has 0 saturated carbocycles. The maximum absolute atomic E-state index is 10.1. The number of hydrogen-bond donors (Lipinski definition) is 2. The van der Waals surface area contributed by atoms with Crippen LogP contribution in [0.4, 0.5) is 0 Å². The van der Waals surface area contributed by atoms with E-state index in [1.165, 1.54) is 0 Å². The topological polar surface area (TPSA) is 57.5 Å². The van der Waals surface area contributed by atoms with Gasteiger partial charge in [0.1, 0.15) is 0 Å². The predicted molar refractivity (Wildman–Crippen MR) is 38.9 cm³/mol. The molecular weight excluding hydrogens is 151 g/mol. The fraction of sp³-hybridized carbons (Fsp3) is 0. The molecule has 4 heteroatoms. The molecule has 1 aromatic rings. The maximum Gasteiger partial charge on any atom is 0.192 e. The van der Waals surface area contributed by atoms with Crippen molar-refractivity contribution in [2.75, 3.05) is 0 Å². The molecule has 0 fully saturated rings. The van der Waals surface area contributed by atoms with E-state index in [2.05, 4.69) is 0 Å². The first-order chi connectivity index (χ1) is 4.93. The Labute approximate surface area is 60.1 Å². The lowest BCUT2D eigenvalue weighted by atomic mass is 10.4. The second-order valence-electron chi connectivity index (χ2n) is 1.43. The van der Waals surface area contributed by atoms with Crippen molar-refractivity contribution in [1.29, 1.82) is 0 Å². The van der Waals surface area contributed by atoms with Crippen LogP contribution in [-0.4, -0.2) is 10.5 Å². The van der Waals surface area contributed by atoms with Crippen LogP contribution in [0, 0.1) is 0 Å². The summed E-state index contributed by atoms with van der Waals surface area (Å²) in [7, 11) is 0.0994. The molecule has 0 atom stereocenters. The SMILES string of the molecule is O=Pc1ccccc1.OO. The van der Waals surface area contributed by atoms with Gasteiger partial charge in [-0.05, 0) is 12.1 Å². The van der Waals surface area contributed by atoms with E-state index in [9.17, 15) is 4.57 Å². The number of rotatable bonds is 1. The highest BCUT2D eigenvalue weighted by Gasteiger charge is 1.81. The summed E-state index contributed by atoms with van der Waals surface area (Å²) >= 11 is 0. The van der Waals surface area contributed by atoms with Gasteiger partial charge in [-0.3, -0.25) is 15.1 Å². The van der Waals surface area contributed by atoms with E-state index in [1.807, 2.05) is 30.3 Å². The maximum atomic E-state index is 10.1. The van der Waals surface area contributed by atoms with Crippen LogP contribution in [0.5, 0.6) is 0 Å². The van der Waals surface area contributed by atoms with Gasteiger partial charge in [-0.1, -0.05) is 18.2 Å². The van der Waals surface area contributed by atoms with E-state index >= 15 is 0 Å². The van der Waals surface area contributed by atoms with Crippen molar-refractivity contribution in [3.8, 4) is 0 Å². The highest BCUT2D eigenvalue weighted by Crippen LogP contribution is 1.92. The molecule has 10 heavy (non-hydrogen) atoms. The zero-order valence-corrected chi connectivity index (χ0v) is 6.03. The van der Waals surface area contributed by atoms with E-state index in [0.29, 0.717) is 0 Å². The normalized spacial score (nSPS) is 8.20. The summed E-state index contributed by atoms with van der Waals surface area (Å²) in [6.45, 7) is 0. The van der Waals surface area contributed by atoms with Crippen LogP contribution in [0.15, 0.2) is 30.3 Å². The summed E-state index contributed by atoms with van der Waals surface area (Å²) < 4.78 is 10.1. The Hall–Kier alpha value is -0.760. The predicted octanol–water partition coefficient (Wildman–Crippen LogP) is 1.62. The number of hydrogen-bond acceptors (Lipinski definition) is 3. The highest BCUT2D eigenvalue weighted by atomic mass is 31.1. The van der Waals surface area contributed by atoms with Crippen molar-refractivity contribution in [3.05, 3.63) is 30.3 Å². The lowest BCUT2D eigenvalue weighted by molar-refractivity contribution is -0.176. The molecule has 0 amide bonds. The molecule has 0 heterocycles. The van der Waals surface area contributed by atoms with Crippen molar-refractivity contribution >= 4 is 13.8 Å². The quantitative estimate of drug-likeness (QED) is 0.371. The van der Waals surface area contributed by atoms with Gasteiger partial charge in [-0.2, -0.15) is 0 Å². The second kappa shape index (κ2) is 6.36. The largest absolute Gasteiger partial charge is 0.269 e. The minimum Gasteiger partial charge on any atom is -0.269 e. The molecule has 54 valence electrons. The smallest absolute Gasteiger partial charge is 0.192 e. The van der Waals surface area contributed by atoms with Crippen molar-refractivity contribution in [2.24, 2.45) is 0 Å². The first-order valence-electron chi connectivity index (χ1n) is 2.52. The van der Waals surface area contributed by atoms with E-state index < -0.39 is 0 Å². The lowest BCUT2D eigenvalue weighted by Gasteiger charge is -1.80. The van der Waals surface area contributed by atoms with Gasteiger partial charge in [-0.25, -0.2) is 0 Å². The molecule has 0 unspecified atom stereocenters. The third kappa shape index (κ3) is 3.30. The Morgan fingerprint density at radius 3 is 1.90 bits per heavy atom. The fourth-order valence-electron chi connectivity index (χ4n) is 0.489. The standard InChI is InChI=1S/C6H5OP.H2O2/c7-8-6-4-2-1-3-5-6;1-2/h1-5H;1-2H. The Morgan fingerprint density at radius 1 is 1.10 bits per heavy atom. The lowest BCUT2D eigenvalue weighted by Crippen LogP contribution is -1.84. The minimum absolute atomic E-state index is 0.0994. The monoisotopic (exact) mass is 158 g/mol. The average molecular weight is 158 g/mol.